The van der Waals surface area contributed by atoms with Gasteiger partial charge in [-0.3, -0.25) is 4.79 Å². The number of hydrogen-bond acceptors (Lipinski definition) is 6. The summed E-state index contributed by atoms with van der Waals surface area (Å²) in [6, 6.07) is 7.15. The number of benzene rings is 1. The Morgan fingerprint density at radius 3 is 2.73 bits per heavy atom. The van der Waals surface area contributed by atoms with Crippen molar-refractivity contribution in [3.05, 3.63) is 24.3 Å². The second-order valence-electron chi connectivity index (χ2n) is 5.85. The summed E-state index contributed by atoms with van der Waals surface area (Å²) in [5, 5.41) is 0. The van der Waals surface area contributed by atoms with Crippen LogP contribution < -0.4 is 14.2 Å². The van der Waals surface area contributed by atoms with Crippen LogP contribution in [-0.4, -0.2) is 58.7 Å². The topological polar surface area (TPSA) is 94.2 Å². The highest BCUT2D eigenvalue weighted by molar-refractivity contribution is 7.87. The zero-order chi connectivity index (χ0) is 19.0. The van der Waals surface area contributed by atoms with Gasteiger partial charge < -0.3 is 14.2 Å². The van der Waals surface area contributed by atoms with E-state index in [-0.39, 0.29) is 25.7 Å². The van der Waals surface area contributed by atoms with Crippen LogP contribution in [0.25, 0.3) is 0 Å². The molecule has 1 aliphatic heterocycles. The molecule has 1 aliphatic rings. The standard InChI is InChI=1S/C17H26N2O6S/c1-3-24-17(20)14-7-6-11-19(13-14)26(21,22)18-10-12-25-16-9-5-4-8-15(16)23-2/h4-5,8-9,14,18H,3,6-7,10-13H2,1-2H3/t14-/m0/s1. The molecular weight excluding hydrogens is 360 g/mol. The van der Waals surface area contributed by atoms with Crippen molar-refractivity contribution in [2.45, 2.75) is 19.8 Å². The number of hydrogen-bond donors (Lipinski definition) is 1. The molecule has 1 heterocycles. The first kappa shape index (κ1) is 20.5. The van der Waals surface area contributed by atoms with Crippen molar-refractivity contribution in [3.63, 3.8) is 0 Å². The lowest BCUT2D eigenvalue weighted by Gasteiger charge is -2.30. The summed E-state index contributed by atoms with van der Waals surface area (Å²) < 4.78 is 44.4. The highest BCUT2D eigenvalue weighted by Crippen LogP contribution is 2.25. The fraction of sp³-hybridized carbons (Fsp3) is 0.588. The fourth-order valence-corrected chi connectivity index (χ4v) is 4.04. The van der Waals surface area contributed by atoms with Gasteiger partial charge >= 0.3 is 5.97 Å². The SMILES string of the molecule is CCOC(=O)[C@H]1CCCN(S(=O)(=O)NCCOc2ccccc2OC)C1. The van der Waals surface area contributed by atoms with Crippen LogP contribution >= 0.6 is 0 Å². The predicted octanol–water partition coefficient (Wildman–Crippen LogP) is 1.18. The molecule has 0 saturated carbocycles. The molecule has 0 bridgehead atoms. The molecule has 0 radical (unpaired) electrons. The maximum atomic E-state index is 12.4. The van der Waals surface area contributed by atoms with Crippen LogP contribution in [0, 0.1) is 5.92 Å². The summed E-state index contributed by atoms with van der Waals surface area (Å²) in [7, 11) is -2.13. The van der Waals surface area contributed by atoms with Gasteiger partial charge in [0.25, 0.3) is 10.2 Å². The molecular formula is C17H26N2O6S. The second-order valence-corrected chi connectivity index (χ2v) is 7.60. The highest BCUT2D eigenvalue weighted by atomic mass is 32.2. The number of carbonyl (C=O) groups excluding carboxylic acids is 1. The molecule has 9 heteroatoms. The fourth-order valence-electron chi connectivity index (χ4n) is 2.77. The molecule has 146 valence electrons. The number of para-hydroxylation sites is 2. The number of methoxy groups -OCH3 is 1. The molecule has 0 aromatic heterocycles. The van der Waals surface area contributed by atoms with Gasteiger partial charge in [0, 0.05) is 19.6 Å². The number of carbonyl (C=O) groups is 1. The van der Waals surface area contributed by atoms with Crippen LogP contribution in [0.2, 0.25) is 0 Å². The molecule has 0 amide bonds. The van der Waals surface area contributed by atoms with E-state index in [1.807, 2.05) is 12.1 Å². The molecule has 2 rings (SSSR count). The van der Waals surface area contributed by atoms with E-state index in [1.165, 1.54) is 4.31 Å². The lowest BCUT2D eigenvalue weighted by Crippen LogP contribution is -2.48. The zero-order valence-electron chi connectivity index (χ0n) is 15.1. The van der Waals surface area contributed by atoms with Crippen LogP contribution in [0.5, 0.6) is 11.5 Å². The molecule has 0 unspecified atom stereocenters. The van der Waals surface area contributed by atoms with E-state index in [9.17, 15) is 13.2 Å². The third-order valence-electron chi connectivity index (χ3n) is 4.06. The van der Waals surface area contributed by atoms with E-state index in [0.717, 1.165) is 0 Å². The van der Waals surface area contributed by atoms with E-state index >= 15 is 0 Å². The number of esters is 1. The molecule has 1 aromatic rings. The Hall–Kier alpha value is -1.84. The van der Waals surface area contributed by atoms with Gasteiger partial charge in [-0.2, -0.15) is 17.4 Å². The van der Waals surface area contributed by atoms with Gasteiger partial charge in [-0.05, 0) is 31.9 Å². The number of nitrogens with one attached hydrogen (secondary N) is 1. The minimum absolute atomic E-state index is 0.112. The van der Waals surface area contributed by atoms with Crippen molar-refractivity contribution in [1.29, 1.82) is 0 Å². The Labute approximate surface area is 154 Å². The molecule has 1 saturated heterocycles. The summed E-state index contributed by atoms with van der Waals surface area (Å²) in [6.07, 6.45) is 1.27. The minimum Gasteiger partial charge on any atom is -0.493 e. The van der Waals surface area contributed by atoms with Gasteiger partial charge in [0.15, 0.2) is 11.5 Å². The maximum Gasteiger partial charge on any atom is 0.310 e. The van der Waals surface area contributed by atoms with E-state index < -0.39 is 16.1 Å². The van der Waals surface area contributed by atoms with Crippen LogP contribution in [0.3, 0.4) is 0 Å². The average Bonchev–Trinajstić information content (AvgIpc) is 2.66. The Kier molecular flexibility index (Phi) is 7.67. The minimum atomic E-state index is -3.67. The predicted molar refractivity (Wildman–Crippen MR) is 96.3 cm³/mol. The molecule has 1 fully saturated rings. The second kappa shape index (κ2) is 9.75. The third kappa shape index (κ3) is 5.58. The Morgan fingerprint density at radius 1 is 1.31 bits per heavy atom. The molecule has 1 N–H and O–H groups in total. The maximum absolute atomic E-state index is 12.4. The van der Waals surface area contributed by atoms with E-state index in [0.29, 0.717) is 37.5 Å². The number of rotatable bonds is 9. The number of piperidine rings is 1. The Morgan fingerprint density at radius 2 is 2.04 bits per heavy atom. The summed E-state index contributed by atoms with van der Waals surface area (Å²) in [6.45, 7) is 2.83. The van der Waals surface area contributed by atoms with Crippen molar-refractivity contribution < 1.29 is 27.4 Å². The largest absolute Gasteiger partial charge is 0.493 e. The highest BCUT2D eigenvalue weighted by Gasteiger charge is 2.32. The first-order valence-electron chi connectivity index (χ1n) is 8.65. The smallest absolute Gasteiger partial charge is 0.310 e. The molecule has 1 atom stereocenters. The van der Waals surface area contributed by atoms with Crippen molar-refractivity contribution in [2.24, 2.45) is 5.92 Å². The number of nitrogens with zero attached hydrogens (tertiary/aromatic N) is 1. The number of ether oxygens (including phenoxy) is 3. The molecule has 1 aromatic carbocycles. The average molecular weight is 386 g/mol. The van der Waals surface area contributed by atoms with Gasteiger partial charge in [0.1, 0.15) is 6.61 Å². The molecule has 8 nitrogen and oxygen atoms in total. The van der Waals surface area contributed by atoms with Crippen molar-refractivity contribution in [1.82, 2.24) is 9.03 Å². The first-order chi connectivity index (χ1) is 12.5. The van der Waals surface area contributed by atoms with Gasteiger partial charge in [-0.25, -0.2) is 0 Å². The molecule has 0 spiro atoms. The summed E-state index contributed by atoms with van der Waals surface area (Å²) >= 11 is 0. The van der Waals surface area contributed by atoms with Crippen molar-refractivity contribution in [3.8, 4) is 11.5 Å². The van der Waals surface area contributed by atoms with Gasteiger partial charge in [-0.15, -0.1) is 0 Å². The summed E-state index contributed by atoms with van der Waals surface area (Å²) in [5.41, 5.74) is 0. The van der Waals surface area contributed by atoms with Crippen LogP contribution in [-0.2, 0) is 19.7 Å². The van der Waals surface area contributed by atoms with Crippen LogP contribution in [0.15, 0.2) is 24.3 Å². The van der Waals surface area contributed by atoms with Gasteiger partial charge in [0.05, 0.1) is 19.6 Å². The lowest BCUT2D eigenvalue weighted by atomic mass is 10.0. The Bertz CT molecular complexity index is 694. The third-order valence-corrected chi connectivity index (χ3v) is 5.64. The van der Waals surface area contributed by atoms with Crippen LogP contribution in [0.4, 0.5) is 0 Å². The van der Waals surface area contributed by atoms with E-state index in [1.54, 1.807) is 26.2 Å². The quantitative estimate of drug-likeness (QED) is 0.506. The van der Waals surface area contributed by atoms with Gasteiger partial charge in [0.2, 0.25) is 0 Å². The summed E-state index contributed by atoms with van der Waals surface area (Å²) in [5.74, 6) is 0.384. The first-order valence-corrected chi connectivity index (χ1v) is 10.1. The lowest BCUT2D eigenvalue weighted by molar-refractivity contribution is -0.149. The zero-order valence-corrected chi connectivity index (χ0v) is 16.0. The van der Waals surface area contributed by atoms with Crippen molar-refractivity contribution in [2.75, 3.05) is 40.0 Å². The monoisotopic (exact) mass is 386 g/mol. The van der Waals surface area contributed by atoms with E-state index in [2.05, 4.69) is 4.72 Å². The van der Waals surface area contributed by atoms with Crippen LogP contribution in [0.1, 0.15) is 19.8 Å². The Balaban J connectivity index is 1.83. The summed E-state index contributed by atoms with van der Waals surface area (Å²) in [4.78, 5) is 11.9. The molecule has 0 aliphatic carbocycles. The van der Waals surface area contributed by atoms with Gasteiger partial charge in [-0.1, -0.05) is 12.1 Å². The van der Waals surface area contributed by atoms with Crippen molar-refractivity contribution >= 4 is 16.2 Å². The normalized spacial score (nSPS) is 18.3. The molecule has 26 heavy (non-hydrogen) atoms. The van der Waals surface area contributed by atoms with E-state index in [4.69, 9.17) is 14.2 Å².